The summed E-state index contributed by atoms with van der Waals surface area (Å²) in [6, 6.07) is 9.76. The van der Waals surface area contributed by atoms with E-state index in [0.717, 1.165) is 50.0 Å². The van der Waals surface area contributed by atoms with Crippen molar-refractivity contribution in [3.8, 4) is 23.0 Å². The van der Waals surface area contributed by atoms with Crippen LogP contribution in [-0.2, 0) is 0 Å². The molecule has 4 nitrogen and oxygen atoms in total. The highest BCUT2D eigenvalue weighted by atomic mass is 19.1. The molecule has 0 bridgehead atoms. The van der Waals surface area contributed by atoms with Gasteiger partial charge in [0.2, 0.25) is 0 Å². The molecule has 2 aromatic rings. The molecule has 188 valence electrons. The van der Waals surface area contributed by atoms with Gasteiger partial charge in [-0.25, -0.2) is 9.37 Å². The molecule has 1 aliphatic rings. The number of nitrogens with zero attached hydrogens (tertiary/aromatic N) is 2. The van der Waals surface area contributed by atoms with Crippen molar-refractivity contribution in [2.45, 2.75) is 103 Å². The van der Waals surface area contributed by atoms with Crippen LogP contribution in [0.15, 0.2) is 36.5 Å². The molecule has 1 aromatic heterocycles. The van der Waals surface area contributed by atoms with Crippen molar-refractivity contribution in [1.82, 2.24) is 9.97 Å². The summed E-state index contributed by atoms with van der Waals surface area (Å²) in [6.07, 6.45) is 17.3. The van der Waals surface area contributed by atoms with Crippen LogP contribution < -0.4 is 9.47 Å². The summed E-state index contributed by atoms with van der Waals surface area (Å²) in [5.41, 5.74) is 0.900. The third kappa shape index (κ3) is 9.60. The van der Waals surface area contributed by atoms with Crippen molar-refractivity contribution in [2.24, 2.45) is 5.92 Å². The van der Waals surface area contributed by atoms with Gasteiger partial charge in [0, 0.05) is 5.56 Å². The highest BCUT2D eigenvalue weighted by Gasteiger charge is 2.16. The highest BCUT2D eigenvalue weighted by Crippen LogP contribution is 2.30. The molecule has 0 amide bonds. The average molecular weight is 471 g/mol. The van der Waals surface area contributed by atoms with Gasteiger partial charge in [0.05, 0.1) is 12.8 Å². The Bertz CT molecular complexity index is 796. The van der Waals surface area contributed by atoms with E-state index in [9.17, 15) is 4.39 Å². The fourth-order valence-corrected chi connectivity index (χ4v) is 4.70. The second-order valence-electron chi connectivity index (χ2n) is 9.69. The second kappa shape index (κ2) is 15.7. The Kier molecular flexibility index (Phi) is 12.2. The summed E-state index contributed by atoms with van der Waals surface area (Å²) in [4.78, 5) is 9.04. The van der Waals surface area contributed by atoms with Crippen molar-refractivity contribution >= 4 is 0 Å². The van der Waals surface area contributed by atoms with Gasteiger partial charge in [-0.1, -0.05) is 114 Å². The minimum Gasteiger partial charge on any atom is -0.487 e. The number of halogens is 1. The third-order valence-corrected chi connectivity index (χ3v) is 6.77. The molecule has 34 heavy (non-hydrogen) atoms. The van der Waals surface area contributed by atoms with E-state index < -0.39 is 6.17 Å². The largest absolute Gasteiger partial charge is 0.487 e. The number of hydrogen-bond donors (Lipinski definition) is 0. The zero-order valence-corrected chi connectivity index (χ0v) is 21.0. The first-order chi connectivity index (χ1) is 16.8. The van der Waals surface area contributed by atoms with E-state index in [1.165, 1.54) is 44.9 Å². The molecule has 0 aliphatic heterocycles. The SMILES string of the molecule is CCCCCCC(F)COc1nc(-c2ccccc2)ncc1OCCCCCCC1CCCC1. The standard InChI is InChI=1S/C29H43FN2O2/c1-2-3-4-11-20-26(30)23-34-29-27(22-31-28(32-29)25-18-9-7-10-19-25)33-21-14-6-5-8-15-24-16-12-13-17-24/h7,9-10,18-19,22,24,26H,2-6,8,11-17,20-21,23H2,1H3. The quantitative estimate of drug-likeness (QED) is 0.218. The van der Waals surface area contributed by atoms with Crippen LogP contribution in [0, 0.1) is 5.92 Å². The first-order valence-electron chi connectivity index (χ1n) is 13.6. The number of benzene rings is 1. The second-order valence-corrected chi connectivity index (χ2v) is 9.69. The Morgan fingerprint density at radius 2 is 1.71 bits per heavy atom. The predicted octanol–water partition coefficient (Wildman–Crippen LogP) is 8.35. The van der Waals surface area contributed by atoms with Gasteiger partial charge >= 0.3 is 0 Å². The predicted molar refractivity (Wildman–Crippen MR) is 137 cm³/mol. The molecule has 1 fully saturated rings. The topological polar surface area (TPSA) is 44.2 Å². The molecule has 1 aliphatic carbocycles. The van der Waals surface area contributed by atoms with Crippen molar-refractivity contribution < 1.29 is 13.9 Å². The van der Waals surface area contributed by atoms with Crippen LogP contribution in [-0.4, -0.2) is 29.4 Å². The number of unbranched alkanes of at least 4 members (excludes halogenated alkanes) is 6. The minimum atomic E-state index is -1.00. The highest BCUT2D eigenvalue weighted by molar-refractivity contribution is 5.56. The Labute approximate surface area is 205 Å². The molecule has 5 heteroatoms. The lowest BCUT2D eigenvalue weighted by atomic mass is 9.99. The van der Waals surface area contributed by atoms with Crippen LogP contribution in [0.5, 0.6) is 11.6 Å². The maximum absolute atomic E-state index is 14.4. The summed E-state index contributed by atoms with van der Waals surface area (Å²) in [6.45, 7) is 2.76. The van der Waals surface area contributed by atoms with Crippen LogP contribution >= 0.6 is 0 Å². The van der Waals surface area contributed by atoms with Gasteiger partial charge in [-0.3, -0.25) is 0 Å². The zero-order chi connectivity index (χ0) is 23.8. The summed E-state index contributed by atoms with van der Waals surface area (Å²) in [5.74, 6) is 2.38. The molecule has 0 spiro atoms. The van der Waals surface area contributed by atoms with Crippen LogP contribution in [0.1, 0.15) is 96.8 Å². The summed E-state index contributed by atoms with van der Waals surface area (Å²) >= 11 is 0. The Hall–Kier alpha value is -2.17. The first-order valence-corrected chi connectivity index (χ1v) is 13.6. The van der Waals surface area contributed by atoms with Crippen molar-refractivity contribution in [2.75, 3.05) is 13.2 Å². The van der Waals surface area contributed by atoms with E-state index >= 15 is 0 Å². The Morgan fingerprint density at radius 1 is 0.941 bits per heavy atom. The first kappa shape index (κ1) is 26.4. The van der Waals surface area contributed by atoms with Gasteiger partial charge in [0.15, 0.2) is 11.6 Å². The van der Waals surface area contributed by atoms with Gasteiger partial charge in [0.1, 0.15) is 12.8 Å². The van der Waals surface area contributed by atoms with Gasteiger partial charge in [-0.2, -0.15) is 4.98 Å². The molecule has 3 rings (SSSR count). The molecular formula is C29H43FN2O2. The number of alkyl halides is 1. The van der Waals surface area contributed by atoms with E-state index in [0.29, 0.717) is 30.5 Å². The summed E-state index contributed by atoms with van der Waals surface area (Å²) in [7, 11) is 0. The van der Waals surface area contributed by atoms with Crippen molar-refractivity contribution in [1.29, 1.82) is 0 Å². The van der Waals surface area contributed by atoms with Gasteiger partial charge in [0.25, 0.3) is 5.88 Å². The minimum absolute atomic E-state index is 0.00506. The molecular weight excluding hydrogens is 427 g/mol. The molecule has 1 unspecified atom stereocenters. The molecule has 1 saturated carbocycles. The Morgan fingerprint density at radius 3 is 2.50 bits per heavy atom. The fraction of sp³-hybridized carbons (Fsp3) is 0.655. The third-order valence-electron chi connectivity index (χ3n) is 6.77. The van der Waals surface area contributed by atoms with E-state index in [1.807, 2.05) is 30.3 Å². The maximum atomic E-state index is 14.4. The van der Waals surface area contributed by atoms with E-state index in [1.54, 1.807) is 6.20 Å². The van der Waals surface area contributed by atoms with Crippen LogP contribution in [0.3, 0.4) is 0 Å². The van der Waals surface area contributed by atoms with Gasteiger partial charge < -0.3 is 9.47 Å². The van der Waals surface area contributed by atoms with Crippen molar-refractivity contribution in [3.63, 3.8) is 0 Å². The van der Waals surface area contributed by atoms with E-state index in [2.05, 4.69) is 16.9 Å². The fourth-order valence-electron chi connectivity index (χ4n) is 4.70. The molecule has 1 aromatic carbocycles. The molecule has 0 radical (unpaired) electrons. The number of rotatable bonds is 17. The van der Waals surface area contributed by atoms with Crippen LogP contribution in [0.25, 0.3) is 11.4 Å². The smallest absolute Gasteiger partial charge is 0.260 e. The average Bonchev–Trinajstić information content (AvgIpc) is 3.39. The molecule has 0 saturated heterocycles. The summed E-state index contributed by atoms with van der Waals surface area (Å²) in [5, 5.41) is 0. The lowest BCUT2D eigenvalue weighted by molar-refractivity contribution is 0.170. The summed E-state index contributed by atoms with van der Waals surface area (Å²) < 4.78 is 26.2. The lowest BCUT2D eigenvalue weighted by Crippen LogP contribution is -2.14. The normalized spacial score (nSPS) is 14.9. The van der Waals surface area contributed by atoms with Gasteiger partial charge in [-0.15, -0.1) is 0 Å². The van der Waals surface area contributed by atoms with Gasteiger partial charge in [-0.05, 0) is 18.8 Å². The van der Waals surface area contributed by atoms with Crippen LogP contribution in [0.2, 0.25) is 0 Å². The zero-order valence-electron chi connectivity index (χ0n) is 21.0. The van der Waals surface area contributed by atoms with E-state index in [4.69, 9.17) is 9.47 Å². The number of hydrogen-bond acceptors (Lipinski definition) is 4. The number of aromatic nitrogens is 2. The van der Waals surface area contributed by atoms with E-state index in [-0.39, 0.29) is 6.61 Å². The van der Waals surface area contributed by atoms with Crippen LogP contribution in [0.4, 0.5) is 4.39 Å². The lowest BCUT2D eigenvalue weighted by Gasteiger charge is -2.14. The molecule has 1 heterocycles. The van der Waals surface area contributed by atoms with Crippen molar-refractivity contribution in [3.05, 3.63) is 36.5 Å². The maximum Gasteiger partial charge on any atom is 0.260 e. The monoisotopic (exact) mass is 470 g/mol. The number of ether oxygens (including phenoxy) is 2. The molecule has 1 atom stereocenters. The Balaban J connectivity index is 1.48. The molecule has 0 N–H and O–H groups in total.